The molecule has 1 aromatic heterocycles. The number of nitriles is 1. The molecule has 1 aliphatic heterocycles. The van der Waals surface area contributed by atoms with E-state index in [-0.39, 0.29) is 11.9 Å². The van der Waals surface area contributed by atoms with Gasteiger partial charge in [-0.1, -0.05) is 19.4 Å². The van der Waals surface area contributed by atoms with Crippen molar-refractivity contribution in [1.29, 1.82) is 5.26 Å². The molecule has 3 rings (SSSR count). The monoisotopic (exact) mass is 392 g/mol. The molecule has 7 nitrogen and oxygen atoms in total. The highest BCUT2D eigenvalue weighted by molar-refractivity contribution is 5.73. The molecule has 0 aliphatic carbocycles. The predicted octanol–water partition coefficient (Wildman–Crippen LogP) is 3.54. The van der Waals surface area contributed by atoms with Crippen LogP contribution in [0, 0.1) is 11.3 Å². The fourth-order valence-electron chi connectivity index (χ4n) is 3.57. The average Bonchev–Trinajstić information content (AvgIpc) is 2.72. The van der Waals surface area contributed by atoms with Gasteiger partial charge in [0.15, 0.2) is 0 Å². The zero-order chi connectivity index (χ0) is 20.6. The molecule has 1 fully saturated rings. The number of piperidine rings is 1. The Bertz CT molecular complexity index is 891. The van der Waals surface area contributed by atoms with E-state index in [1.54, 1.807) is 19.1 Å². The molecule has 2 heterocycles. The first kappa shape index (κ1) is 20.6. The molecule has 0 saturated carbocycles. The lowest BCUT2D eigenvalue weighted by molar-refractivity contribution is -0.119. The number of carbonyl (C=O) groups is 1. The zero-order valence-corrected chi connectivity index (χ0v) is 17.1. The molecule has 2 aromatic rings. The summed E-state index contributed by atoms with van der Waals surface area (Å²) in [6.07, 6.45) is 5.04. The molecule has 1 aliphatic rings. The molecule has 7 heteroatoms. The van der Waals surface area contributed by atoms with Crippen molar-refractivity contribution < 1.29 is 4.79 Å². The number of hydrogen-bond acceptors (Lipinski definition) is 6. The van der Waals surface area contributed by atoms with Crippen LogP contribution in [0.5, 0.6) is 0 Å². The number of nitrogens with one attached hydrogen (secondary N) is 2. The fraction of sp³-hybridized carbons (Fsp3) is 0.455. The van der Waals surface area contributed by atoms with Gasteiger partial charge < -0.3 is 15.5 Å². The van der Waals surface area contributed by atoms with Gasteiger partial charge in [0.2, 0.25) is 11.9 Å². The Morgan fingerprint density at radius 2 is 2.21 bits per heavy atom. The van der Waals surface area contributed by atoms with Gasteiger partial charge in [0.25, 0.3) is 0 Å². The molecule has 1 unspecified atom stereocenters. The van der Waals surface area contributed by atoms with Crippen molar-refractivity contribution in [3.63, 3.8) is 0 Å². The largest absolute Gasteiger partial charge is 0.354 e. The van der Waals surface area contributed by atoms with Gasteiger partial charge in [-0.05, 0) is 43.9 Å². The maximum atomic E-state index is 11.4. The number of benzene rings is 1. The highest BCUT2D eigenvalue weighted by Gasteiger charge is 2.22. The maximum absolute atomic E-state index is 11.4. The Balaban J connectivity index is 1.84. The molecule has 2 N–H and O–H groups in total. The number of unbranched alkanes of at least 4 members (excludes halogenated alkanes) is 1. The molecule has 1 saturated heterocycles. The van der Waals surface area contributed by atoms with Crippen molar-refractivity contribution in [2.24, 2.45) is 0 Å². The Hall–Kier alpha value is -3.14. The molecule has 1 amide bonds. The minimum atomic E-state index is 0.00269. The number of carbonyl (C=O) groups excluding carboxylic acids is 1. The third kappa shape index (κ3) is 5.92. The molecule has 29 heavy (non-hydrogen) atoms. The summed E-state index contributed by atoms with van der Waals surface area (Å²) in [5, 5.41) is 15.4. The third-order valence-corrected chi connectivity index (χ3v) is 4.95. The highest BCUT2D eigenvalue weighted by atomic mass is 16.1. The SMILES string of the molecule is CCCCc1cc(N2CCCC(NC(C)=O)C2)nc(Nc2cccc(C#N)c2)n1. The summed E-state index contributed by atoms with van der Waals surface area (Å²) in [5.41, 5.74) is 2.38. The van der Waals surface area contributed by atoms with E-state index in [2.05, 4.69) is 39.6 Å². The van der Waals surface area contributed by atoms with Crippen LogP contribution >= 0.6 is 0 Å². The van der Waals surface area contributed by atoms with E-state index < -0.39 is 0 Å². The van der Waals surface area contributed by atoms with E-state index in [9.17, 15) is 4.79 Å². The lowest BCUT2D eigenvalue weighted by atomic mass is 10.1. The number of aromatic nitrogens is 2. The number of nitrogens with zero attached hydrogens (tertiary/aromatic N) is 4. The Labute approximate surface area is 172 Å². The number of amides is 1. The van der Waals surface area contributed by atoms with E-state index in [4.69, 9.17) is 10.2 Å². The van der Waals surface area contributed by atoms with Crippen molar-refractivity contribution in [1.82, 2.24) is 15.3 Å². The minimum absolute atomic E-state index is 0.00269. The normalized spacial score (nSPS) is 16.2. The van der Waals surface area contributed by atoms with Crippen molar-refractivity contribution in [3.05, 3.63) is 41.6 Å². The van der Waals surface area contributed by atoms with Gasteiger partial charge in [-0.2, -0.15) is 10.2 Å². The minimum Gasteiger partial charge on any atom is -0.354 e. The van der Waals surface area contributed by atoms with Crippen LogP contribution in [-0.2, 0) is 11.2 Å². The second kappa shape index (κ2) is 9.87. The first-order chi connectivity index (χ1) is 14.1. The number of rotatable bonds is 7. The topological polar surface area (TPSA) is 93.9 Å². The van der Waals surface area contributed by atoms with Crippen molar-refractivity contribution in [3.8, 4) is 6.07 Å². The summed E-state index contributed by atoms with van der Waals surface area (Å²) in [4.78, 5) is 23.1. The van der Waals surface area contributed by atoms with E-state index in [0.717, 1.165) is 62.4 Å². The summed E-state index contributed by atoms with van der Waals surface area (Å²) in [6.45, 7) is 5.37. The van der Waals surface area contributed by atoms with E-state index in [1.165, 1.54) is 0 Å². The molecular formula is C22H28N6O. The second-order valence-corrected chi connectivity index (χ2v) is 7.45. The summed E-state index contributed by atoms with van der Waals surface area (Å²) in [7, 11) is 0. The van der Waals surface area contributed by atoms with Crippen LogP contribution in [0.25, 0.3) is 0 Å². The zero-order valence-electron chi connectivity index (χ0n) is 17.1. The second-order valence-electron chi connectivity index (χ2n) is 7.45. The molecule has 0 spiro atoms. The van der Waals surface area contributed by atoms with Crippen LogP contribution in [0.1, 0.15) is 50.8 Å². The number of anilines is 3. The van der Waals surface area contributed by atoms with E-state index in [0.29, 0.717) is 11.5 Å². The lowest BCUT2D eigenvalue weighted by Gasteiger charge is -2.34. The standard InChI is InChI=1S/C22H28N6O/c1-3-4-8-19-13-21(28-11-6-10-20(15-28)24-16(2)29)27-22(26-19)25-18-9-5-7-17(12-18)14-23/h5,7,9,12-13,20H,3-4,6,8,10-11,15H2,1-2H3,(H,24,29)(H,25,26,27). The van der Waals surface area contributed by atoms with Gasteiger partial charge in [-0.25, -0.2) is 4.98 Å². The first-order valence-corrected chi connectivity index (χ1v) is 10.2. The smallest absolute Gasteiger partial charge is 0.229 e. The van der Waals surface area contributed by atoms with Crippen molar-refractivity contribution >= 4 is 23.4 Å². The summed E-state index contributed by atoms with van der Waals surface area (Å²) in [6, 6.07) is 11.6. The first-order valence-electron chi connectivity index (χ1n) is 10.2. The van der Waals surface area contributed by atoms with Crippen LogP contribution in [0.3, 0.4) is 0 Å². The molecular weight excluding hydrogens is 364 g/mol. The van der Waals surface area contributed by atoms with Gasteiger partial charge in [0.1, 0.15) is 5.82 Å². The Morgan fingerprint density at radius 3 is 2.97 bits per heavy atom. The van der Waals surface area contributed by atoms with Crippen LogP contribution in [0.4, 0.5) is 17.5 Å². The lowest BCUT2D eigenvalue weighted by Crippen LogP contribution is -2.47. The van der Waals surface area contributed by atoms with Gasteiger partial charge >= 0.3 is 0 Å². The van der Waals surface area contributed by atoms with Gasteiger partial charge in [0.05, 0.1) is 11.6 Å². The summed E-state index contributed by atoms with van der Waals surface area (Å²) < 4.78 is 0. The molecule has 1 aromatic carbocycles. The van der Waals surface area contributed by atoms with Gasteiger partial charge in [-0.3, -0.25) is 4.79 Å². The molecule has 152 valence electrons. The predicted molar refractivity (Wildman–Crippen MR) is 114 cm³/mol. The highest BCUT2D eigenvalue weighted by Crippen LogP contribution is 2.23. The quantitative estimate of drug-likeness (QED) is 0.748. The average molecular weight is 393 g/mol. The van der Waals surface area contributed by atoms with Crippen LogP contribution in [-0.4, -0.2) is 35.0 Å². The Morgan fingerprint density at radius 1 is 1.34 bits per heavy atom. The molecule has 0 bridgehead atoms. The number of hydrogen-bond donors (Lipinski definition) is 2. The molecule has 0 radical (unpaired) electrons. The van der Waals surface area contributed by atoms with E-state index >= 15 is 0 Å². The van der Waals surface area contributed by atoms with Crippen molar-refractivity contribution in [2.75, 3.05) is 23.3 Å². The van der Waals surface area contributed by atoms with Crippen LogP contribution in [0.2, 0.25) is 0 Å². The van der Waals surface area contributed by atoms with Gasteiger partial charge in [0, 0.05) is 43.5 Å². The van der Waals surface area contributed by atoms with E-state index in [1.807, 2.05) is 12.1 Å². The third-order valence-electron chi connectivity index (χ3n) is 4.95. The maximum Gasteiger partial charge on any atom is 0.229 e. The van der Waals surface area contributed by atoms with Crippen LogP contribution < -0.4 is 15.5 Å². The van der Waals surface area contributed by atoms with Crippen LogP contribution in [0.15, 0.2) is 30.3 Å². The summed E-state index contributed by atoms with van der Waals surface area (Å²) in [5.74, 6) is 1.41. The fourth-order valence-corrected chi connectivity index (χ4v) is 3.57. The summed E-state index contributed by atoms with van der Waals surface area (Å²) >= 11 is 0. The Kier molecular flexibility index (Phi) is 7.01. The van der Waals surface area contributed by atoms with Gasteiger partial charge in [-0.15, -0.1) is 0 Å². The van der Waals surface area contributed by atoms with Crippen molar-refractivity contribution in [2.45, 2.75) is 52.0 Å². The number of aryl methyl sites for hydroxylation is 1. The molecule has 1 atom stereocenters.